The molecule has 0 amide bonds. The topological polar surface area (TPSA) is 21.3 Å². The molecule has 1 saturated carbocycles. The van der Waals surface area contributed by atoms with Gasteiger partial charge in [0.05, 0.1) is 6.10 Å². The minimum atomic E-state index is 0.194. The zero-order valence-corrected chi connectivity index (χ0v) is 12.5. The lowest BCUT2D eigenvalue weighted by Crippen LogP contribution is -2.25. The highest BCUT2D eigenvalue weighted by atomic mass is 16.5. The first kappa shape index (κ1) is 14.5. The minimum absolute atomic E-state index is 0.194. The summed E-state index contributed by atoms with van der Waals surface area (Å²) in [7, 11) is 0. The molecule has 0 heterocycles. The number of hydrogen-bond donors (Lipinski definition) is 1. The number of benzene rings is 1. The second-order valence-corrected chi connectivity index (χ2v) is 6.14. The molecule has 0 spiro atoms. The molecule has 0 aliphatic heterocycles. The number of hydrogen-bond acceptors (Lipinski definition) is 2. The van der Waals surface area contributed by atoms with Crippen LogP contribution in [0, 0.1) is 12.8 Å². The second-order valence-electron chi connectivity index (χ2n) is 6.14. The van der Waals surface area contributed by atoms with Crippen molar-refractivity contribution in [2.45, 2.75) is 52.2 Å². The zero-order valence-electron chi connectivity index (χ0n) is 12.5. The molecule has 106 valence electrons. The predicted molar refractivity (Wildman–Crippen MR) is 80.4 cm³/mol. The third-order valence-electron chi connectivity index (χ3n) is 3.63. The summed E-state index contributed by atoms with van der Waals surface area (Å²) in [6.07, 6.45) is 3.98. The molecule has 0 aromatic heterocycles. The maximum absolute atomic E-state index is 6.09. The van der Waals surface area contributed by atoms with E-state index < -0.39 is 0 Å². The van der Waals surface area contributed by atoms with E-state index in [1.54, 1.807) is 0 Å². The molecule has 1 aromatic rings. The molecule has 0 saturated heterocycles. The number of aryl methyl sites for hydroxylation is 1. The van der Waals surface area contributed by atoms with Gasteiger partial charge in [0.15, 0.2) is 0 Å². The van der Waals surface area contributed by atoms with Crippen molar-refractivity contribution in [3.63, 3.8) is 0 Å². The molecule has 2 nitrogen and oxygen atoms in total. The fourth-order valence-electron chi connectivity index (χ4n) is 2.06. The third-order valence-corrected chi connectivity index (χ3v) is 3.63. The van der Waals surface area contributed by atoms with E-state index in [0.29, 0.717) is 5.92 Å². The van der Waals surface area contributed by atoms with Crippen LogP contribution in [0.15, 0.2) is 24.3 Å². The van der Waals surface area contributed by atoms with Crippen LogP contribution < -0.4 is 5.32 Å². The first-order valence-electron chi connectivity index (χ1n) is 7.56. The zero-order chi connectivity index (χ0) is 13.7. The Hall–Kier alpha value is -0.860. The molecule has 1 fully saturated rings. The monoisotopic (exact) mass is 261 g/mol. The smallest absolute Gasteiger partial charge is 0.0949 e. The molecular weight excluding hydrogens is 234 g/mol. The summed E-state index contributed by atoms with van der Waals surface area (Å²) in [6.45, 7) is 8.40. The van der Waals surface area contributed by atoms with Gasteiger partial charge in [0.25, 0.3) is 0 Å². The molecule has 1 N–H and O–H groups in total. The Morgan fingerprint density at radius 1 is 1.21 bits per heavy atom. The summed E-state index contributed by atoms with van der Waals surface area (Å²) in [6, 6.07) is 9.48. The van der Waals surface area contributed by atoms with Crippen molar-refractivity contribution in [3.8, 4) is 0 Å². The van der Waals surface area contributed by atoms with Crippen LogP contribution in [-0.4, -0.2) is 19.2 Å². The van der Waals surface area contributed by atoms with Crippen molar-refractivity contribution in [1.82, 2.24) is 5.32 Å². The first-order chi connectivity index (χ1) is 9.15. The van der Waals surface area contributed by atoms with Crippen LogP contribution in [0.2, 0.25) is 0 Å². The molecule has 2 rings (SSSR count). The van der Waals surface area contributed by atoms with Gasteiger partial charge in [-0.3, -0.25) is 0 Å². The van der Waals surface area contributed by atoms with Gasteiger partial charge in [-0.15, -0.1) is 0 Å². The summed E-state index contributed by atoms with van der Waals surface area (Å²) >= 11 is 0. The van der Waals surface area contributed by atoms with Crippen LogP contribution in [0.3, 0.4) is 0 Å². The average molecular weight is 261 g/mol. The van der Waals surface area contributed by atoms with Crippen LogP contribution in [0.4, 0.5) is 0 Å². The Morgan fingerprint density at radius 3 is 2.47 bits per heavy atom. The molecule has 1 aliphatic rings. The van der Waals surface area contributed by atoms with E-state index in [4.69, 9.17) is 4.74 Å². The third kappa shape index (κ3) is 5.33. The highest BCUT2D eigenvalue weighted by Gasteiger charge is 2.22. The Morgan fingerprint density at radius 2 is 1.89 bits per heavy atom. The molecule has 1 atom stereocenters. The quantitative estimate of drug-likeness (QED) is 0.767. The fraction of sp³-hybridized carbons (Fsp3) is 0.647. The molecule has 0 bridgehead atoms. The van der Waals surface area contributed by atoms with E-state index >= 15 is 0 Å². The van der Waals surface area contributed by atoms with Gasteiger partial charge in [-0.1, -0.05) is 43.7 Å². The Labute approximate surface area is 117 Å². The van der Waals surface area contributed by atoms with Crippen LogP contribution >= 0.6 is 0 Å². The molecule has 19 heavy (non-hydrogen) atoms. The van der Waals surface area contributed by atoms with Gasteiger partial charge in [0, 0.05) is 19.2 Å². The van der Waals surface area contributed by atoms with Crippen LogP contribution in [0.1, 0.15) is 50.3 Å². The van der Waals surface area contributed by atoms with E-state index in [1.807, 2.05) is 0 Å². The molecule has 1 aliphatic carbocycles. The molecule has 1 aromatic carbocycles. The lowest BCUT2D eigenvalue weighted by Gasteiger charge is -2.20. The van der Waals surface area contributed by atoms with Crippen molar-refractivity contribution in [2.75, 3.05) is 13.2 Å². The predicted octanol–water partition coefficient (Wildman–Crippen LogP) is 3.85. The van der Waals surface area contributed by atoms with Gasteiger partial charge in [0.1, 0.15) is 0 Å². The Balaban J connectivity index is 1.89. The average Bonchev–Trinajstić information content (AvgIpc) is 3.18. The minimum Gasteiger partial charge on any atom is -0.372 e. The number of rotatable bonds is 8. The summed E-state index contributed by atoms with van der Waals surface area (Å²) in [5.41, 5.74) is 2.60. The van der Waals surface area contributed by atoms with E-state index in [1.165, 1.54) is 24.0 Å². The number of ether oxygens (including phenoxy) is 1. The summed E-state index contributed by atoms with van der Waals surface area (Å²) in [5.74, 6) is 0.704. The largest absolute Gasteiger partial charge is 0.372 e. The van der Waals surface area contributed by atoms with Crippen molar-refractivity contribution in [1.29, 1.82) is 0 Å². The lowest BCUT2D eigenvalue weighted by atomic mass is 10.1. The molecule has 2 heteroatoms. The standard InChI is InChI=1S/C17H27NO/c1-13(2)10-11-19-17(12-18-16-8-9-16)15-6-4-14(3)5-7-15/h4-7,13,16-18H,8-12H2,1-3H3. The fourth-order valence-corrected chi connectivity index (χ4v) is 2.06. The Bertz CT molecular complexity index is 367. The molecular formula is C17H27NO. The second kappa shape index (κ2) is 7.06. The lowest BCUT2D eigenvalue weighted by molar-refractivity contribution is 0.0455. The maximum Gasteiger partial charge on any atom is 0.0949 e. The van der Waals surface area contributed by atoms with Gasteiger partial charge in [-0.2, -0.15) is 0 Å². The molecule has 1 unspecified atom stereocenters. The maximum atomic E-state index is 6.09. The van der Waals surface area contributed by atoms with Gasteiger partial charge in [-0.05, 0) is 37.7 Å². The number of nitrogens with one attached hydrogen (secondary N) is 1. The van der Waals surface area contributed by atoms with Crippen LogP contribution in [0.5, 0.6) is 0 Å². The van der Waals surface area contributed by atoms with Crippen molar-refractivity contribution >= 4 is 0 Å². The van der Waals surface area contributed by atoms with E-state index in [-0.39, 0.29) is 6.10 Å². The van der Waals surface area contributed by atoms with Gasteiger partial charge < -0.3 is 10.1 Å². The summed E-state index contributed by atoms with van der Waals surface area (Å²) < 4.78 is 6.09. The van der Waals surface area contributed by atoms with Crippen LogP contribution in [0.25, 0.3) is 0 Å². The van der Waals surface area contributed by atoms with Gasteiger partial charge >= 0.3 is 0 Å². The molecule has 0 radical (unpaired) electrons. The van der Waals surface area contributed by atoms with E-state index in [9.17, 15) is 0 Å². The van der Waals surface area contributed by atoms with Crippen molar-refractivity contribution in [3.05, 3.63) is 35.4 Å². The first-order valence-corrected chi connectivity index (χ1v) is 7.56. The van der Waals surface area contributed by atoms with Gasteiger partial charge in [0.2, 0.25) is 0 Å². The van der Waals surface area contributed by atoms with Gasteiger partial charge in [-0.25, -0.2) is 0 Å². The normalized spacial score (nSPS) is 16.8. The highest BCUT2D eigenvalue weighted by Crippen LogP contribution is 2.23. The van der Waals surface area contributed by atoms with Crippen molar-refractivity contribution < 1.29 is 4.74 Å². The van der Waals surface area contributed by atoms with E-state index in [2.05, 4.69) is 50.4 Å². The van der Waals surface area contributed by atoms with Crippen LogP contribution in [-0.2, 0) is 4.74 Å². The SMILES string of the molecule is Cc1ccc(C(CNC2CC2)OCCC(C)C)cc1. The van der Waals surface area contributed by atoms with Crippen molar-refractivity contribution in [2.24, 2.45) is 5.92 Å². The van der Waals surface area contributed by atoms with E-state index in [0.717, 1.165) is 25.6 Å². The Kier molecular flexibility index (Phi) is 5.41. The summed E-state index contributed by atoms with van der Waals surface area (Å²) in [5, 5.41) is 3.58. The highest BCUT2D eigenvalue weighted by molar-refractivity contribution is 5.23. The summed E-state index contributed by atoms with van der Waals surface area (Å²) in [4.78, 5) is 0.